The zero-order valence-electron chi connectivity index (χ0n) is 12.6. The molecule has 1 saturated carbocycles. The first-order valence-electron chi connectivity index (χ1n) is 8.26. The fourth-order valence-electron chi connectivity index (χ4n) is 3.84. The third-order valence-electron chi connectivity index (χ3n) is 5.10. The van der Waals surface area contributed by atoms with Gasteiger partial charge in [0.15, 0.2) is 0 Å². The van der Waals surface area contributed by atoms with E-state index in [0.717, 1.165) is 25.8 Å². The summed E-state index contributed by atoms with van der Waals surface area (Å²) in [5, 5.41) is 10.6. The molecule has 1 aliphatic heterocycles. The van der Waals surface area contributed by atoms with Crippen LogP contribution in [0.15, 0.2) is 30.3 Å². The number of amides is 1. The summed E-state index contributed by atoms with van der Waals surface area (Å²) < 4.78 is 0. The molecular formula is C18H25NO2. The molecule has 1 aromatic rings. The molecule has 0 spiro atoms. The molecular weight excluding hydrogens is 262 g/mol. The Labute approximate surface area is 127 Å². The third-order valence-corrected chi connectivity index (χ3v) is 5.10. The van der Waals surface area contributed by atoms with Gasteiger partial charge in [-0.1, -0.05) is 49.6 Å². The number of carbonyl (C=O) groups excluding carboxylic acids is 1. The van der Waals surface area contributed by atoms with Gasteiger partial charge in [0.2, 0.25) is 5.91 Å². The molecule has 21 heavy (non-hydrogen) atoms. The van der Waals surface area contributed by atoms with Crippen LogP contribution in [0, 0.1) is 11.8 Å². The van der Waals surface area contributed by atoms with Crippen LogP contribution in [-0.4, -0.2) is 28.6 Å². The molecule has 1 aromatic carbocycles. The summed E-state index contributed by atoms with van der Waals surface area (Å²) in [6.07, 6.45) is 6.24. The van der Waals surface area contributed by atoms with E-state index in [1.165, 1.54) is 24.8 Å². The summed E-state index contributed by atoms with van der Waals surface area (Å²) in [7, 11) is 0. The van der Waals surface area contributed by atoms with Crippen molar-refractivity contribution in [3.05, 3.63) is 35.9 Å². The van der Waals surface area contributed by atoms with Gasteiger partial charge in [-0.3, -0.25) is 4.79 Å². The van der Waals surface area contributed by atoms with Crippen molar-refractivity contribution in [2.75, 3.05) is 6.54 Å². The minimum atomic E-state index is -0.432. The van der Waals surface area contributed by atoms with Gasteiger partial charge >= 0.3 is 0 Å². The number of nitrogens with zero attached hydrogens (tertiary/aromatic N) is 1. The summed E-state index contributed by atoms with van der Waals surface area (Å²) in [5.74, 6) is 0.318. The number of carbonyl (C=O) groups is 1. The van der Waals surface area contributed by atoms with E-state index < -0.39 is 6.10 Å². The Bertz CT molecular complexity index is 467. The van der Waals surface area contributed by atoms with Crippen molar-refractivity contribution < 1.29 is 9.90 Å². The van der Waals surface area contributed by atoms with Gasteiger partial charge in [-0.2, -0.15) is 0 Å². The van der Waals surface area contributed by atoms with E-state index >= 15 is 0 Å². The van der Waals surface area contributed by atoms with E-state index in [2.05, 4.69) is 12.1 Å². The lowest BCUT2D eigenvalue weighted by Crippen LogP contribution is -2.36. The molecule has 0 unspecified atom stereocenters. The Balaban J connectivity index is 1.60. The SMILES string of the molecule is O=C1[C@H]([C@H](O)C2CCCCC2)CCN1Cc1ccccc1. The minimum absolute atomic E-state index is 0.150. The van der Waals surface area contributed by atoms with Crippen molar-refractivity contribution in [2.45, 2.75) is 51.2 Å². The highest BCUT2D eigenvalue weighted by Crippen LogP contribution is 2.33. The molecule has 0 radical (unpaired) electrons. The lowest BCUT2D eigenvalue weighted by molar-refractivity contribution is -0.135. The molecule has 3 heteroatoms. The van der Waals surface area contributed by atoms with E-state index in [-0.39, 0.29) is 11.8 Å². The molecule has 3 rings (SSSR count). The van der Waals surface area contributed by atoms with Crippen molar-refractivity contribution in [1.29, 1.82) is 0 Å². The van der Waals surface area contributed by atoms with Crippen molar-refractivity contribution >= 4 is 5.91 Å². The van der Waals surface area contributed by atoms with E-state index in [0.29, 0.717) is 12.5 Å². The van der Waals surface area contributed by atoms with Crippen LogP contribution >= 0.6 is 0 Å². The number of rotatable bonds is 4. The summed E-state index contributed by atoms with van der Waals surface area (Å²) in [5.41, 5.74) is 1.17. The molecule has 1 aliphatic carbocycles. The predicted molar refractivity (Wildman–Crippen MR) is 82.5 cm³/mol. The maximum Gasteiger partial charge on any atom is 0.228 e. The Kier molecular flexibility index (Phi) is 4.59. The zero-order valence-corrected chi connectivity index (χ0v) is 12.6. The van der Waals surface area contributed by atoms with Crippen LogP contribution in [0.25, 0.3) is 0 Å². The van der Waals surface area contributed by atoms with Gasteiger partial charge in [-0.15, -0.1) is 0 Å². The van der Waals surface area contributed by atoms with Crippen molar-refractivity contribution in [3.8, 4) is 0 Å². The van der Waals surface area contributed by atoms with Gasteiger partial charge in [0.05, 0.1) is 12.0 Å². The van der Waals surface area contributed by atoms with Gasteiger partial charge < -0.3 is 10.0 Å². The molecule has 2 atom stereocenters. The lowest BCUT2D eigenvalue weighted by Gasteiger charge is -2.29. The summed E-state index contributed by atoms with van der Waals surface area (Å²) in [4.78, 5) is 14.5. The second-order valence-corrected chi connectivity index (χ2v) is 6.53. The number of hydrogen-bond acceptors (Lipinski definition) is 2. The van der Waals surface area contributed by atoms with Gasteiger partial charge in [0.25, 0.3) is 0 Å². The topological polar surface area (TPSA) is 40.5 Å². The van der Waals surface area contributed by atoms with Crippen LogP contribution in [0.2, 0.25) is 0 Å². The highest BCUT2D eigenvalue weighted by atomic mass is 16.3. The summed E-state index contributed by atoms with van der Waals surface area (Å²) >= 11 is 0. The van der Waals surface area contributed by atoms with E-state index in [9.17, 15) is 9.90 Å². The van der Waals surface area contributed by atoms with Crippen molar-refractivity contribution in [3.63, 3.8) is 0 Å². The van der Waals surface area contributed by atoms with Crippen LogP contribution in [0.3, 0.4) is 0 Å². The normalized spacial score (nSPS) is 25.3. The highest BCUT2D eigenvalue weighted by molar-refractivity contribution is 5.81. The fraction of sp³-hybridized carbons (Fsp3) is 0.611. The first-order valence-corrected chi connectivity index (χ1v) is 8.26. The van der Waals surface area contributed by atoms with Gasteiger partial charge in [-0.25, -0.2) is 0 Å². The third kappa shape index (κ3) is 3.29. The van der Waals surface area contributed by atoms with Gasteiger partial charge in [0, 0.05) is 13.1 Å². The summed E-state index contributed by atoms with van der Waals surface area (Å²) in [6.45, 7) is 1.45. The Morgan fingerprint density at radius 3 is 2.52 bits per heavy atom. The van der Waals surface area contributed by atoms with Crippen LogP contribution in [-0.2, 0) is 11.3 Å². The van der Waals surface area contributed by atoms with Gasteiger partial charge in [-0.05, 0) is 30.7 Å². The van der Waals surface area contributed by atoms with Crippen molar-refractivity contribution in [2.24, 2.45) is 11.8 Å². The second-order valence-electron chi connectivity index (χ2n) is 6.53. The molecule has 1 heterocycles. The second kappa shape index (κ2) is 6.61. The quantitative estimate of drug-likeness (QED) is 0.925. The Hall–Kier alpha value is -1.35. The maximum absolute atomic E-state index is 12.6. The fourth-order valence-corrected chi connectivity index (χ4v) is 3.84. The standard InChI is InChI=1S/C18H25NO2/c20-17(15-9-5-2-6-10-15)16-11-12-19(18(16)21)13-14-7-3-1-4-8-14/h1,3-4,7-8,15-17,20H,2,5-6,9-13H2/t16-,17+/m0/s1. The Morgan fingerprint density at radius 2 is 1.81 bits per heavy atom. The number of hydrogen-bond donors (Lipinski definition) is 1. The summed E-state index contributed by atoms with van der Waals surface area (Å²) in [6, 6.07) is 10.1. The molecule has 1 amide bonds. The minimum Gasteiger partial charge on any atom is -0.392 e. The molecule has 2 aliphatic rings. The van der Waals surface area contributed by atoms with E-state index in [1.807, 2.05) is 23.1 Å². The number of likely N-dealkylation sites (tertiary alicyclic amines) is 1. The molecule has 3 nitrogen and oxygen atoms in total. The maximum atomic E-state index is 12.6. The van der Waals surface area contributed by atoms with Crippen LogP contribution in [0.1, 0.15) is 44.1 Å². The van der Waals surface area contributed by atoms with E-state index in [1.54, 1.807) is 0 Å². The van der Waals surface area contributed by atoms with Crippen LogP contribution in [0.5, 0.6) is 0 Å². The van der Waals surface area contributed by atoms with Crippen LogP contribution in [0.4, 0.5) is 0 Å². The molecule has 1 N–H and O–H groups in total. The zero-order chi connectivity index (χ0) is 14.7. The molecule has 1 saturated heterocycles. The molecule has 0 bridgehead atoms. The number of aliphatic hydroxyl groups is 1. The predicted octanol–water partition coefficient (Wildman–Crippen LogP) is 2.98. The average Bonchev–Trinajstić information content (AvgIpc) is 2.89. The monoisotopic (exact) mass is 287 g/mol. The first-order chi connectivity index (χ1) is 10.3. The number of benzene rings is 1. The molecule has 2 fully saturated rings. The van der Waals surface area contributed by atoms with Crippen LogP contribution < -0.4 is 0 Å². The molecule has 0 aromatic heterocycles. The van der Waals surface area contributed by atoms with E-state index in [4.69, 9.17) is 0 Å². The molecule has 114 valence electrons. The smallest absolute Gasteiger partial charge is 0.228 e. The Morgan fingerprint density at radius 1 is 1.10 bits per heavy atom. The number of aliphatic hydroxyl groups excluding tert-OH is 1. The highest BCUT2D eigenvalue weighted by Gasteiger charge is 2.39. The largest absolute Gasteiger partial charge is 0.392 e. The van der Waals surface area contributed by atoms with Crippen molar-refractivity contribution in [1.82, 2.24) is 4.90 Å². The van der Waals surface area contributed by atoms with Gasteiger partial charge in [0.1, 0.15) is 0 Å². The average molecular weight is 287 g/mol. The lowest BCUT2D eigenvalue weighted by atomic mass is 9.80. The first kappa shape index (κ1) is 14.6.